The first-order valence-corrected chi connectivity index (χ1v) is 7.11. The Balaban J connectivity index is 1.78. The van der Waals surface area contributed by atoms with E-state index < -0.39 is 0 Å². The molecule has 0 radical (unpaired) electrons. The second-order valence-electron chi connectivity index (χ2n) is 5.18. The summed E-state index contributed by atoms with van der Waals surface area (Å²) in [7, 11) is 2.14. The molecule has 1 aromatic rings. The smallest absolute Gasteiger partial charge is 0.179 e. The zero-order chi connectivity index (χ0) is 13.2. The van der Waals surface area contributed by atoms with Crippen molar-refractivity contribution in [3.63, 3.8) is 0 Å². The van der Waals surface area contributed by atoms with Crippen molar-refractivity contribution in [2.45, 2.75) is 19.0 Å². The van der Waals surface area contributed by atoms with Gasteiger partial charge in [0.05, 0.1) is 18.2 Å². The number of likely N-dealkylation sites (N-methyl/N-ethyl adjacent to an activating group) is 1. The van der Waals surface area contributed by atoms with Crippen LogP contribution in [0.4, 0.5) is 0 Å². The largest absolute Gasteiger partial charge is 0.489 e. The molecule has 104 valence electrons. The van der Waals surface area contributed by atoms with Gasteiger partial charge in [-0.05, 0) is 24.7 Å². The maximum Gasteiger partial charge on any atom is 0.179 e. The highest BCUT2D eigenvalue weighted by Crippen LogP contribution is 2.38. The SMILES string of the molecule is CN(Cc1cc(Cl)c2c(c1)OCCCO2)C1CNC1. The average molecular weight is 283 g/mol. The van der Waals surface area contributed by atoms with E-state index in [9.17, 15) is 0 Å². The number of nitrogens with one attached hydrogen (secondary N) is 1. The van der Waals surface area contributed by atoms with Crippen LogP contribution in [-0.4, -0.2) is 44.3 Å². The number of rotatable bonds is 3. The molecule has 0 amide bonds. The molecule has 1 saturated heterocycles. The highest BCUT2D eigenvalue weighted by atomic mass is 35.5. The second kappa shape index (κ2) is 5.57. The van der Waals surface area contributed by atoms with Crippen LogP contribution in [0.1, 0.15) is 12.0 Å². The summed E-state index contributed by atoms with van der Waals surface area (Å²) in [6.07, 6.45) is 0.897. The lowest BCUT2D eigenvalue weighted by molar-refractivity contribution is 0.173. The number of ether oxygens (including phenoxy) is 2. The van der Waals surface area contributed by atoms with E-state index in [4.69, 9.17) is 21.1 Å². The van der Waals surface area contributed by atoms with Gasteiger partial charge in [0.1, 0.15) is 0 Å². The second-order valence-corrected chi connectivity index (χ2v) is 5.59. The molecule has 0 bridgehead atoms. The summed E-state index contributed by atoms with van der Waals surface area (Å²) in [5, 5.41) is 3.93. The minimum atomic E-state index is 0.620. The Hall–Kier alpha value is -0.970. The van der Waals surface area contributed by atoms with Gasteiger partial charge in [0.2, 0.25) is 0 Å². The van der Waals surface area contributed by atoms with E-state index in [-0.39, 0.29) is 0 Å². The topological polar surface area (TPSA) is 33.7 Å². The van der Waals surface area contributed by atoms with Gasteiger partial charge in [-0.15, -0.1) is 0 Å². The highest BCUT2D eigenvalue weighted by Gasteiger charge is 2.22. The molecule has 2 aliphatic rings. The lowest BCUT2D eigenvalue weighted by Gasteiger charge is -2.35. The van der Waals surface area contributed by atoms with E-state index in [1.165, 1.54) is 5.56 Å². The Morgan fingerprint density at radius 3 is 2.84 bits per heavy atom. The Bertz CT molecular complexity index is 463. The number of hydrogen-bond donors (Lipinski definition) is 1. The Morgan fingerprint density at radius 2 is 2.11 bits per heavy atom. The molecule has 2 heterocycles. The molecular weight excluding hydrogens is 264 g/mol. The van der Waals surface area contributed by atoms with Crippen LogP contribution in [0.5, 0.6) is 11.5 Å². The van der Waals surface area contributed by atoms with Crippen LogP contribution < -0.4 is 14.8 Å². The molecule has 1 N–H and O–H groups in total. The van der Waals surface area contributed by atoms with Gasteiger partial charge < -0.3 is 14.8 Å². The third-order valence-electron chi connectivity index (χ3n) is 3.68. The van der Waals surface area contributed by atoms with Crippen LogP contribution in [0.3, 0.4) is 0 Å². The monoisotopic (exact) mass is 282 g/mol. The lowest BCUT2D eigenvalue weighted by Crippen LogP contribution is -2.55. The highest BCUT2D eigenvalue weighted by molar-refractivity contribution is 6.32. The van der Waals surface area contributed by atoms with E-state index in [1.54, 1.807) is 0 Å². The van der Waals surface area contributed by atoms with Crippen molar-refractivity contribution >= 4 is 11.6 Å². The molecular formula is C14H19ClN2O2. The number of fused-ring (bicyclic) bond motifs is 1. The summed E-state index contributed by atoms with van der Waals surface area (Å²) >= 11 is 6.29. The molecule has 3 rings (SSSR count). The minimum Gasteiger partial charge on any atom is -0.489 e. The van der Waals surface area contributed by atoms with Crippen LogP contribution in [0.15, 0.2) is 12.1 Å². The third kappa shape index (κ3) is 2.81. The summed E-state index contributed by atoms with van der Waals surface area (Å²) in [6, 6.07) is 4.65. The van der Waals surface area contributed by atoms with Crippen molar-refractivity contribution in [1.29, 1.82) is 0 Å². The number of nitrogens with zero attached hydrogens (tertiary/aromatic N) is 1. The maximum absolute atomic E-state index is 6.29. The van der Waals surface area contributed by atoms with Crippen LogP contribution in [0.2, 0.25) is 5.02 Å². The van der Waals surface area contributed by atoms with E-state index >= 15 is 0 Å². The van der Waals surface area contributed by atoms with Crippen molar-refractivity contribution in [2.75, 3.05) is 33.4 Å². The Kier molecular flexibility index (Phi) is 3.82. The predicted octanol–water partition coefficient (Wildman–Crippen LogP) is 1.90. The van der Waals surface area contributed by atoms with Crippen molar-refractivity contribution in [3.05, 3.63) is 22.7 Å². The summed E-state index contributed by atoms with van der Waals surface area (Å²) in [5.41, 5.74) is 1.17. The van der Waals surface area contributed by atoms with Gasteiger partial charge in [-0.25, -0.2) is 0 Å². The van der Waals surface area contributed by atoms with Crippen molar-refractivity contribution in [3.8, 4) is 11.5 Å². The quantitative estimate of drug-likeness (QED) is 0.918. The first-order chi connectivity index (χ1) is 9.24. The van der Waals surface area contributed by atoms with Gasteiger partial charge in [0.15, 0.2) is 11.5 Å². The first-order valence-electron chi connectivity index (χ1n) is 6.73. The minimum absolute atomic E-state index is 0.620. The zero-order valence-corrected chi connectivity index (χ0v) is 11.9. The average Bonchev–Trinajstić information content (AvgIpc) is 2.51. The Morgan fingerprint density at radius 1 is 1.32 bits per heavy atom. The molecule has 5 heteroatoms. The van der Waals surface area contributed by atoms with Crippen LogP contribution in [0, 0.1) is 0 Å². The normalized spacial score (nSPS) is 19.1. The molecule has 19 heavy (non-hydrogen) atoms. The first kappa shape index (κ1) is 13.0. The van der Waals surface area contributed by atoms with Gasteiger partial charge in [-0.3, -0.25) is 4.90 Å². The molecule has 0 aromatic heterocycles. The molecule has 0 aliphatic carbocycles. The number of halogens is 1. The van der Waals surface area contributed by atoms with Crippen molar-refractivity contribution in [1.82, 2.24) is 10.2 Å². The van der Waals surface area contributed by atoms with E-state index in [0.29, 0.717) is 30.0 Å². The van der Waals surface area contributed by atoms with E-state index in [1.807, 2.05) is 6.07 Å². The van der Waals surface area contributed by atoms with Crippen molar-refractivity contribution in [2.24, 2.45) is 0 Å². The molecule has 4 nitrogen and oxygen atoms in total. The number of benzene rings is 1. The van der Waals surface area contributed by atoms with Gasteiger partial charge in [0, 0.05) is 32.1 Å². The molecule has 0 spiro atoms. The van der Waals surface area contributed by atoms with Gasteiger partial charge in [-0.2, -0.15) is 0 Å². The molecule has 0 unspecified atom stereocenters. The van der Waals surface area contributed by atoms with Gasteiger partial charge >= 0.3 is 0 Å². The number of hydrogen-bond acceptors (Lipinski definition) is 4. The fraction of sp³-hybridized carbons (Fsp3) is 0.571. The van der Waals surface area contributed by atoms with E-state index in [0.717, 1.165) is 31.8 Å². The fourth-order valence-electron chi connectivity index (χ4n) is 2.38. The summed E-state index contributed by atoms with van der Waals surface area (Å²) in [6.45, 7) is 4.36. The summed E-state index contributed by atoms with van der Waals surface area (Å²) in [5.74, 6) is 1.47. The Labute approximate surface area is 118 Å². The standard InChI is InChI=1S/C14H19ClN2O2/c1-17(11-7-16-8-11)9-10-5-12(15)14-13(6-10)18-3-2-4-19-14/h5-6,11,16H,2-4,7-9H2,1H3. The third-order valence-corrected chi connectivity index (χ3v) is 3.96. The molecule has 0 saturated carbocycles. The van der Waals surface area contributed by atoms with Crippen molar-refractivity contribution < 1.29 is 9.47 Å². The molecule has 2 aliphatic heterocycles. The van der Waals surface area contributed by atoms with Crippen LogP contribution in [0.25, 0.3) is 0 Å². The lowest BCUT2D eigenvalue weighted by atomic mass is 10.1. The fourth-order valence-corrected chi connectivity index (χ4v) is 2.67. The van der Waals surface area contributed by atoms with Gasteiger partial charge in [0.25, 0.3) is 0 Å². The molecule has 1 fully saturated rings. The zero-order valence-electron chi connectivity index (χ0n) is 11.1. The summed E-state index contributed by atoms with van der Waals surface area (Å²) < 4.78 is 11.4. The van der Waals surface area contributed by atoms with Crippen LogP contribution >= 0.6 is 11.6 Å². The summed E-state index contributed by atoms with van der Waals surface area (Å²) in [4.78, 5) is 2.34. The maximum atomic E-state index is 6.29. The molecule has 0 atom stereocenters. The predicted molar refractivity (Wildman–Crippen MR) is 75.2 cm³/mol. The van der Waals surface area contributed by atoms with Crippen LogP contribution in [-0.2, 0) is 6.54 Å². The van der Waals surface area contributed by atoms with E-state index in [2.05, 4.69) is 23.3 Å². The van der Waals surface area contributed by atoms with Gasteiger partial charge in [-0.1, -0.05) is 11.6 Å². The molecule has 1 aromatic carbocycles.